The van der Waals surface area contributed by atoms with Crippen LogP contribution in [0.5, 0.6) is 0 Å². The monoisotopic (exact) mass is 290 g/mol. The van der Waals surface area contributed by atoms with E-state index < -0.39 is 0 Å². The molecule has 2 rings (SSSR count). The first-order chi connectivity index (χ1) is 8.68. The molecular formula is C14H27ClN2O2. The van der Waals surface area contributed by atoms with Crippen molar-refractivity contribution in [3.63, 3.8) is 0 Å². The quantitative estimate of drug-likeness (QED) is 0.694. The summed E-state index contributed by atoms with van der Waals surface area (Å²) in [5.74, 6) is 0.656. The van der Waals surface area contributed by atoms with E-state index in [0.29, 0.717) is 5.92 Å². The maximum Gasteiger partial charge on any atom is 0.237 e. The largest absolute Gasteiger partial charge is 0.396 e. The van der Waals surface area contributed by atoms with Gasteiger partial charge in [0, 0.05) is 13.2 Å². The van der Waals surface area contributed by atoms with Gasteiger partial charge in [-0.1, -0.05) is 13.3 Å². The van der Waals surface area contributed by atoms with Gasteiger partial charge in [-0.2, -0.15) is 0 Å². The molecule has 1 aliphatic heterocycles. The zero-order valence-corrected chi connectivity index (χ0v) is 12.6. The van der Waals surface area contributed by atoms with Gasteiger partial charge in [-0.25, -0.2) is 0 Å². The third-order valence-electron chi connectivity index (χ3n) is 4.95. The molecule has 2 atom stereocenters. The van der Waals surface area contributed by atoms with Crippen molar-refractivity contribution in [3.8, 4) is 0 Å². The molecule has 0 aromatic heterocycles. The van der Waals surface area contributed by atoms with Crippen molar-refractivity contribution < 1.29 is 9.90 Å². The van der Waals surface area contributed by atoms with Crippen molar-refractivity contribution >= 4 is 18.3 Å². The highest BCUT2D eigenvalue weighted by Crippen LogP contribution is 2.47. The van der Waals surface area contributed by atoms with Gasteiger partial charge in [0.05, 0.1) is 6.04 Å². The Kier molecular flexibility index (Phi) is 6.57. The molecule has 1 amide bonds. The summed E-state index contributed by atoms with van der Waals surface area (Å²) in [6, 6.07) is 0.0234. The molecule has 0 aromatic carbocycles. The van der Waals surface area contributed by atoms with E-state index in [9.17, 15) is 4.79 Å². The summed E-state index contributed by atoms with van der Waals surface area (Å²) in [4.78, 5) is 12.0. The smallest absolute Gasteiger partial charge is 0.237 e. The Labute approximate surface area is 122 Å². The van der Waals surface area contributed by atoms with Gasteiger partial charge in [-0.05, 0) is 50.0 Å². The van der Waals surface area contributed by atoms with Crippen molar-refractivity contribution in [1.29, 1.82) is 0 Å². The van der Waals surface area contributed by atoms with E-state index in [1.807, 2.05) is 0 Å². The van der Waals surface area contributed by atoms with Gasteiger partial charge in [0.2, 0.25) is 5.91 Å². The number of hydrogen-bond acceptors (Lipinski definition) is 3. The Morgan fingerprint density at radius 1 is 1.47 bits per heavy atom. The Bertz CT molecular complexity index is 289. The highest BCUT2D eigenvalue weighted by molar-refractivity contribution is 5.85. The highest BCUT2D eigenvalue weighted by Gasteiger charge is 2.41. The number of carbonyl (C=O) groups is 1. The minimum Gasteiger partial charge on any atom is -0.396 e. The lowest BCUT2D eigenvalue weighted by atomic mass is 9.60. The van der Waals surface area contributed by atoms with Crippen LogP contribution in [-0.4, -0.2) is 36.8 Å². The number of rotatable bonds is 6. The van der Waals surface area contributed by atoms with Crippen LogP contribution in [-0.2, 0) is 4.79 Å². The number of carbonyl (C=O) groups excluding carboxylic acids is 1. The second kappa shape index (κ2) is 7.46. The van der Waals surface area contributed by atoms with Crippen LogP contribution in [0.3, 0.4) is 0 Å². The molecule has 19 heavy (non-hydrogen) atoms. The molecule has 5 heteroatoms. The molecule has 3 N–H and O–H groups in total. The molecule has 1 saturated heterocycles. The lowest BCUT2D eigenvalue weighted by molar-refractivity contribution is -0.124. The fourth-order valence-electron chi connectivity index (χ4n) is 3.27. The summed E-state index contributed by atoms with van der Waals surface area (Å²) >= 11 is 0. The normalized spacial score (nSPS) is 26.1. The van der Waals surface area contributed by atoms with Crippen LogP contribution in [0.4, 0.5) is 0 Å². The first-order valence-corrected chi connectivity index (χ1v) is 7.30. The molecule has 1 saturated carbocycles. The molecule has 2 unspecified atom stereocenters. The van der Waals surface area contributed by atoms with Crippen LogP contribution in [0, 0.1) is 11.3 Å². The van der Waals surface area contributed by atoms with E-state index in [0.717, 1.165) is 32.4 Å². The topological polar surface area (TPSA) is 61.4 Å². The lowest BCUT2D eigenvalue weighted by Crippen LogP contribution is -2.50. The summed E-state index contributed by atoms with van der Waals surface area (Å²) < 4.78 is 0. The second-order valence-electron chi connectivity index (χ2n) is 6.00. The van der Waals surface area contributed by atoms with E-state index in [-0.39, 0.29) is 36.4 Å². The number of amides is 1. The third-order valence-corrected chi connectivity index (χ3v) is 4.95. The zero-order valence-electron chi connectivity index (χ0n) is 11.8. The summed E-state index contributed by atoms with van der Waals surface area (Å²) in [7, 11) is 0. The van der Waals surface area contributed by atoms with Crippen LogP contribution in [0.1, 0.15) is 45.4 Å². The fraction of sp³-hybridized carbons (Fsp3) is 0.929. The minimum atomic E-state index is 0. The van der Waals surface area contributed by atoms with Gasteiger partial charge in [0.1, 0.15) is 0 Å². The van der Waals surface area contributed by atoms with E-state index in [2.05, 4.69) is 17.6 Å². The van der Waals surface area contributed by atoms with Gasteiger partial charge < -0.3 is 15.7 Å². The molecule has 0 bridgehead atoms. The maximum atomic E-state index is 12.0. The van der Waals surface area contributed by atoms with Gasteiger partial charge in [-0.15, -0.1) is 12.4 Å². The molecule has 2 aliphatic rings. The molecule has 0 aromatic rings. The first kappa shape index (κ1) is 16.7. The Morgan fingerprint density at radius 3 is 2.68 bits per heavy atom. The van der Waals surface area contributed by atoms with Crippen molar-refractivity contribution in [1.82, 2.24) is 10.6 Å². The summed E-state index contributed by atoms with van der Waals surface area (Å²) in [6.45, 7) is 4.20. The van der Waals surface area contributed by atoms with E-state index in [1.54, 1.807) is 0 Å². The standard InChI is InChI=1S/C14H26N2O2.ClH/c1-11(5-9-17)14(6-3-7-14)10-16-13(18)12-4-2-8-15-12;/h11-12,15,17H,2-10H2,1H3,(H,16,18);1H. The van der Waals surface area contributed by atoms with Gasteiger partial charge in [0.25, 0.3) is 0 Å². The van der Waals surface area contributed by atoms with E-state index >= 15 is 0 Å². The fourth-order valence-corrected chi connectivity index (χ4v) is 3.27. The molecule has 112 valence electrons. The maximum absolute atomic E-state index is 12.0. The predicted octanol–water partition coefficient (Wildman–Crippen LogP) is 1.47. The molecule has 2 fully saturated rings. The summed E-state index contributed by atoms with van der Waals surface area (Å²) in [5.41, 5.74) is 0.247. The zero-order chi connectivity index (χ0) is 13.0. The minimum absolute atomic E-state index is 0. The Balaban J connectivity index is 0.00000180. The van der Waals surface area contributed by atoms with Crippen molar-refractivity contribution in [3.05, 3.63) is 0 Å². The molecule has 1 heterocycles. The van der Waals surface area contributed by atoms with Crippen molar-refractivity contribution in [2.75, 3.05) is 19.7 Å². The summed E-state index contributed by atoms with van der Waals surface area (Å²) in [5, 5.41) is 15.4. The van der Waals surface area contributed by atoms with Crippen LogP contribution in [0.25, 0.3) is 0 Å². The second-order valence-corrected chi connectivity index (χ2v) is 6.00. The Hall–Kier alpha value is -0.320. The number of halogens is 1. The average Bonchev–Trinajstić information content (AvgIpc) is 2.81. The van der Waals surface area contributed by atoms with E-state index in [4.69, 9.17) is 5.11 Å². The Morgan fingerprint density at radius 2 is 2.21 bits per heavy atom. The summed E-state index contributed by atoms with van der Waals surface area (Å²) in [6.07, 6.45) is 6.54. The van der Waals surface area contributed by atoms with Gasteiger partial charge >= 0.3 is 0 Å². The van der Waals surface area contributed by atoms with Crippen LogP contribution >= 0.6 is 12.4 Å². The average molecular weight is 291 g/mol. The number of aliphatic hydroxyl groups excluding tert-OH is 1. The number of aliphatic hydroxyl groups is 1. The molecule has 4 nitrogen and oxygen atoms in total. The number of nitrogens with one attached hydrogen (secondary N) is 2. The van der Waals surface area contributed by atoms with Crippen LogP contribution in [0.15, 0.2) is 0 Å². The SMILES string of the molecule is CC(CCO)C1(CNC(=O)C2CCCN2)CCC1.Cl. The van der Waals surface area contributed by atoms with Crippen molar-refractivity contribution in [2.45, 2.75) is 51.5 Å². The molecule has 1 aliphatic carbocycles. The third kappa shape index (κ3) is 3.83. The molecule has 0 spiro atoms. The van der Waals surface area contributed by atoms with Gasteiger partial charge in [0.15, 0.2) is 0 Å². The molecular weight excluding hydrogens is 264 g/mol. The van der Waals surface area contributed by atoms with Crippen LogP contribution < -0.4 is 10.6 Å². The van der Waals surface area contributed by atoms with Crippen LogP contribution in [0.2, 0.25) is 0 Å². The van der Waals surface area contributed by atoms with E-state index in [1.165, 1.54) is 19.3 Å². The predicted molar refractivity (Wildman–Crippen MR) is 78.4 cm³/mol. The first-order valence-electron chi connectivity index (χ1n) is 7.30. The number of hydrogen-bond donors (Lipinski definition) is 3. The highest BCUT2D eigenvalue weighted by atomic mass is 35.5. The van der Waals surface area contributed by atoms with Gasteiger partial charge in [-0.3, -0.25) is 4.79 Å². The van der Waals surface area contributed by atoms with Crippen molar-refractivity contribution in [2.24, 2.45) is 11.3 Å². The lowest BCUT2D eigenvalue weighted by Gasteiger charge is -2.47. The molecule has 0 radical (unpaired) electrons.